The van der Waals surface area contributed by atoms with Gasteiger partial charge >= 0.3 is 5.84 Å². The second-order valence-corrected chi connectivity index (χ2v) is 6.03. The summed E-state index contributed by atoms with van der Waals surface area (Å²) in [7, 11) is 3.58. The van der Waals surface area contributed by atoms with Crippen LogP contribution in [-0.4, -0.2) is 49.3 Å². The van der Waals surface area contributed by atoms with E-state index in [0.717, 1.165) is 18.7 Å². The SMILES string of the molecule is C=[N+]=C(Nc1ccc(F)c(Br)c1)c1nonc1NCCCC(=NC)NC. The summed E-state index contributed by atoms with van der Waals surface area (Å²) in [6, 6.07) is 4.50. The van der Waals surface area contributed by atoms with Gasteiger partial charge in [-0.2, -0.15) is 0 Å². The van der Waals surface area contributed by atoms with Crippen molar-refractivity contribution in [2.45, 2.75) is 12.8 Å². The van der Waals surface area contributed by atoms with Gasteiger partial charge in [0, 0.05) is 33.1 Å². The molecule has 138 valence electrons. The van der Waals surface area contributed by atoms with Gasteiger partial charge in [0.1, 0.15) is 11.5 Å². The van der Waals surface area contributed by atoms with Crippen molar-refractivity contribution in [3.8, 4) is 0 Å². The molecule has 3 N–H and O–H groups in total. The molecule has 10 heteroatoms. The Morgan fingerprint density at radius 2 is 2.23 bits per heavy atom. The third-order valence-electron chi connectivity index (χ3n) is 3.49. The molecule has 0 fully saturated rings. The monoisotopic (exact) mass is 424 g/mol. The number of rotatable bonds is 7. The topological polar surface area (TPSA) is 101 Å². The molecule has 0 unspecified atom stereocenters. The lowest BCUT2D eigenvalue weighted by Gasteiger charge is -2.05. The lowest BCUT2D eigenvalue weighted by Crippen LogP contribution is -2.20. The highest BCUT2D eigenvalue weighted by Crippen LogP contribution is 2.21. The Morgan fingerprint density at radius 3 is 2.88 bits per heavy atom. The second kappa shape index (κ2) is 9.69. The molecule has 2 aromatic rings. The fourth-order valence-electron chi connectivity index (χ4n) is 2.16. The molecule has 2 rings (SSSR count). The maximum atomic E-state index is 13.4. The summed E-state index contributed by atoms with van der Waals surface area (Å²) in [5.41, 5.74) is 1.01. The van der Waals surface area contributed by atoms with Crippen LogP contribution in [0, 0.1) is 5.82 Å². The number of nitrogens with one attached hydrogen (secondary N) is 3. The minimum Gasteiger partial charge on any atom is -0.377 e. The molecule has 1 aromatic carbocycles. The third kappa shape index (κ3) is 5.14. The highest BCUT2D eigenvalue weighted by atomic mass is 79.9. The molecular weight excluding hydrogens is 405 g/mol. The molecule has 0 aliphatic heterocycles. The van der Waals surface area contributed by atoms with Crippen LogP contribution < -0.4 is 20.6 Å². The van der Waals surface area contributed by atoms with Crippen molar-refractivity contribution in [3.05, 3.63) is 34.2 Å². The minimum atomic E-state index is -0.356. The van der Waals surface area contributed by atoms with E-state index >= 15 is 0 Å². The largest absolute Gasteiger partial charge is 0.405 e. The van der Waals surface area contributed by atoms with Gasteiger partial charge in [-0.3, -0.25) is 4.99 Å². The maximum Gasteiger partial charge on any atom is 0.405 e. The number of nitrogens with zero attached hydrogens (tertiary/aromatic N) is 4. The van der Waals surface area contributed by atoms with E-state index in [1.165, 1.54) is 6.07 Å². The standard InChI is InChI=1S/C16H19BrFN7O/c1-19-13(20-2)5-4-8-22-16-14(24-26-25-16)15(21-3)23-10-6-7-12(18)11(17)9-10/h6-7,9H,3-5,8H2,1-2H3,(H2,19,20,22,25)/p+1. The van der Waals surface area contributed by atoms with Crippen LogP contribution in [0.4, 0.5) is 15.9 Å². The Hall–Kier alpha value is -2.71. The lowest BCUT2D eigenvalue weighted by molar-refractivity contribution is 0.308. The normalized spacial score (nSPS) is 11.0. The zero-order valence-corrected chi connectivity index (χ0v) is 16.1. The Morgan fingerprint density at radius 1 is 1.42 bits per heavy atom. The molecule has 8 nitrogen and oxygen atoms in total. The number of halogens is 2. The van der Waals surface area contributed by atoms with E-state index in [-0.39, 0.29) is 5.82 Å². The number of anilines is 2. The summed E-state index contributed by atoms with van der Waals surface area (Å²) in [4.78, 5) is 4.12. The van der Waals surface area contributed by atoms with Crippen molar-refractivity contribution in [3.63, 3.8) is 0 Å². The van der Waals surface area contributed by atoms with E-state index in [4.69, 9.17) is 4.63 Å². The molecule has 0 atom stereocenters. The molecule has 0 bridgehead atoms. The molecule has 0 amide bonds. The maximum absolute atomic E-state index is 13.4. The average molecular weight is 425 g/mol. The van der Waals surface area contributed by atoms with Crippen LogP contribution in [0.5, 0.6) is 0 Å². The Labute approximate surface area is 158 Å². The quantitative estimate of drug-likeness (QED) is 0.272. The summed E-state index contributed by atoms with van der Waals surface area (Å²) < 4.78 is 22.4. The van der Waals surface area contributed by atoms with Gasteiger partial charge in [-0.15, -0.1) is 0 Å². The fourth-order valence-corrected chi connectivity index (χ4v) is 2.53. The highest BCUT2D eigenvalue weighted by molar-refractivity contribution is 9.10. The highest BCUT2D eigenvalue weighted by Gasteiger charge is 2.24. The van der Waals surface area contributed by atoms with E-state index in [9.17, 15) is 4.39 Å². The molecular formula is C16H20BrFN7O+. The van der Waals surface area contributed by atoms with Gasteiger partial charge in [0.2, 0.25) is 5.82 Å². The van der Waals surface area contributed by atoms with Gasteiger partial charge in [-0.1, -0.05) is 0 Å². The van der Waals surface area contributed by atoms with Crippen LogP contribution in [0.1, 0.15) is 18.5 Å². The molecule has 0 aliphatic carbocycles. The first kappa shape index (κ1) is 19.6. The van der Waals surface area contributed by atoms with Crippen LogP contribution in [-0.2, 0) is 0 Å². The number of benzene rings is 1. The number of hydrogen-bond acceptors (Lipinski definition) is 5. The number of hydrogen-bond donors (Lipinski definition) is 3. The third-order valence-corrected chi connectivity index (χ3v) is 4.10. The fraction of sp³-hybridized carbons (Fsp3) is 0.312. The molecule has 0 aliphatic rings. The first-order valence-electron chi connectivity index (χ1n) is 7.85. The van der Waals surface area contributed by atoms with Crippen LogP contribution >= 0.6 is 15.9 Å². The second-order valence-electron chi connectivity index (χ2n) is 5.17. The molecule has 0 radical (unpaired) electrons. The van der Waals surface area contributed by atoms with Crippen LogP contribution in [0.25, 0.3) is 0 Å². The minimum absolute atomic E-state index is 0.334. The van der Waals surface area contributed by atoms with Crippen molar-refractivity contribution in [2.75, 3.05) is 31.3 Å². The zero-order chi connectivity index (χ0) is 18.9. The molecule has 26 heavy (non-hydrogen) atoms. The van der Waals surface area contributed by atoms with Gasteiger partial charge < -0.3 is 10.6 Å². The van der Waals surface area contributed by atoms with Crippen molar-refractivity contribution >= 4 is 45.8 Å². The summed E-state index contributed by atoms with van der Waals surface area (Å²) in [5.74, 6) is 1.36. The summed E-state index contributed by atoms with van der Waals surface area (Å²) in [6.07, 6.45) is 1.65. The smallest absolute Gasteiger partial charge is 0.377 e. The van der Waals surface area contributed by atoms with E-state index in [1.807, 2.05) is 7.05 Å². The van der Waals surface area contributed by atoms with Crippen molar-refractivity contribution in [2.24, 2.45) is 4.99 Å². The van der Waals surface area contributed by atoms with Gasteiger partial charge in [-0.05, 0) is 44.8 Å². The average Bonchev–Trinajstić information content (AvgIpc) is 3.11. The Kier molecular flexibility index (Phi) is 7.31. The van der Waals surface area contributed by atoms with Crippen molar-refractivity contribution in [1.29, 1.82) is 0 Å². The first-order chi connectivity index (χ1) is 12.6. The van der Waals surface area contributed by atoms with Crippen molar-refractivity contribution in [1.82, 2.24) is 20.3 Å². The summed E-state index contributed by atoms with van der Waals surface area (Å²) in [5, 5.41) is 16.9. The van der Waals surface area contributed by atoms with E-state index in [2.05, 4.69) is 58.6 Å². The van der Waals surface area contributed by atoms with Gasteiger partial charge in [0.25, 0.3) is 5.69 Å². The molecule has 1 heterocycles. The van der Waals surface area contributed by atoms with E-state index < -0.39 is 0 Å². The number of aliphatic imine (C=N–C) groups is 1. The van der Waals surface area contributed by atoms with Crippen molar-refractivity contribution < 1.29 is 9.02 Å². The zero-order valence-electron chi connectivity index (χ0n) is 14.5. The predicted molar refractivity (Wildman–Crippen MR) is 106 cm³/mol. The van der Waals surface area contributed by atoms with E-state index in [0.29, 0.717) is 34.1 Å². The van der Waals surface area contributed by atoms with Crippen LogP contribution in [0.15, 0.2) is 32.3 Å². The van der Waals surface area contributed by atoms with Crippen LogP contribution in [0.2, 0.25) is 0 Å². The summed E-state index contributed by atoms with van der Waals surface area (Å²) >= 11 is 3.14. The van der Waals surface area contributed by atoms with Gasteiger partial charge in [0.05, 0.1) is 10.3 Å². The van der Waals surface area contributed by atoms with Gasteiger partial charge in [0.15, 0.2) is 6.72 Å². The number of aromatic nitrogens is 2. The molecule has 1 aromatic heterocycles. The van der Waals surface area contributed by atoms with E-state index in [1.54, 1.807) is 19.2 Å². The van der Waals surface area contributed by atoms with Gasteiger partial charge in [-0.25, -0.2) is 19.0 Å². The molecule has 0 saturated carbocycles. The Bertz CT molecular complexity index is 830. The molecule has 0 spiro atoms. The first-order valence-corrected chi connectivity index (χ1v) is 8.64. The number of amidine groups is 2. The lowest BCUT2D eigenvalue weighted by atomic mass is 10.2. The summed E-state index contributed by atoms with van der Waals surface area (Å²) in [6.45, 7) is 4.19. The molecule has 0 saturated heterocycles. The van der Waals surface area contributed by atoms with Crippen LogP contribution in [0.3, 0.4) is 0 Å². The Balaban J connectivity index is 2.02. The predicted octanol–water partition coefficient (Wildman–Crippen LogP) is 2.04.